The molecule has 1 atom stereocenters. The van der Waals surface area contributed by atoms with Gasteiger partial charge >= 0.3 is 0 Å². The molecule has 0 spiro atoms. The molecule has 0 aliphatic heterocycles. The van der Waals surface area contributed by atoms with Crippen LogP contribution in [0.1, 0.15) is 35.2 Å². The third-order valence-corrected chi connectivity index (χ3v) is 3.68. The number of nitrogens with one attached hydrogen (secondary N) is 1. The van der Waals surface area contributed by atoms with Crippen molar-refractivity contribution >= 4 is 11.6 Å². The summed E-state index contributed by atoms with van der Waals surface area (Å²) < 4.78 is 0. The second kappa shape index (κ2) is 6.23. The maximum Gasteiger partial charge on any atom is 0.0406 e. The third kappa shape index (κ3) is 3.82. The second-order valence-corrected chi connectivity index (χ2v) is 5.53. The molecule has 0 amide bonds. The van der Waals surface area contributed by atoms with Crippen LogP contribution in [0.4, 0.5) is 0 Å². The van der Waals surface area contributed by atoms with E-state index in [1.54, 1.807) is 0 Å². The van der Waals surface area contributed by atoms with Crippen molar-refractivity contribution in [1.82, 2.24) is 5.32 Å². The van der Waals surface area contributed by atoms with Crippen molar-refractivity contribution in [2.45, 2.75) is 33.4 Å². The van der Waals surface area contributed by atoms with Crippen molar-refractivity contribution in [3.05, 3.63) is 69.7 Å². The molecule has 19 heavy (non-hydrogen) atoms. The van der Waals surface area contributed by atoms with Gasteiger partial charge in [-0.05, 0) is 49.6 Å². The molecule has 1 N–H and O–H groups in total. The van der Waals surface area contributed by atoms with Gasteiger partial charge in [-0.3, -0.25) is 0 Å². The van der Waals surface area contributed by atoms with Crippen LogP contribution < -0.4 is 5.32 Å². The van der Waals surface area contributed by atoms with Crippen LogP contribution in [0.25, 0.3) is 0 Å². The summed E-state index contributed by atoms with van der Waals surface area (Å²) in [6.45, 7) is 7.35. The van der Waals surface area contributed by atoms with Crippen molar-refractivity contribution in [3.63, 3.8) is 0 Å². The topological polar surface area (TPSA) is 12.0 Å². The minimum atomic E-state index is 0.343. The summed E-state index contributed by atoms with van der Waals surface area (Å²) in [4.78, 5) is 0. The molecule has 0 aromatic heterocycles. The molecule has 0 aliphatic rings. The molecular formula is C17H20ClN. The van der Waals surface area contributed by atoms with E-state index in [9.17, 15) is 0 Å². The largest absolute Gasteiger partial charge is 0.306 e. The Kier molecular flexibility index (Phi) is 4.62. The molecule has 1 unspecified atom stereocenters. The minimum absolute atomic E-state index is 0.343. The first-order valence-electron chi connectivity index (χ1n) is 6.61. The lowest BCUT2D eigenvalue weighted by Gasteiger charge is -2.17. The van der Waals surface area contributed by atoms with E-state index in [2.05, 4.69) is 56.4 Å². The Morgan fingerprint density at radius 3 is 2.42 bits per heavy atom. The summed E-state index contributed by atoms with van der Waals surface area (Å²) in [5.41, 5.74) is 5.26. The standard InChI is InChI=1S/C17H20ClN/c1-12-4-5-13(2)17(10-12)14(3)19-11-15-6-8-16(18)9-7-15/h4-10,14,19H,11H2,1-3H3. The summed E-state index contributed by atoms with van der Waals surface area (Å²) in [7, 11) is 0. The van der Waals surface area contributed by atoms with Crippen LogP contribution in [-0.2, 0) is 6.54 Å². The summed E-state index contributed by atoms with van der Waals surface area (Å²) in [5, 5.41) is 4.34. The van der Waals surface area contributed by atoms with Gasteiger partial charge in [0, 0.05) is 17.6 Å². The predicted octanol–water partition coefficient (Wildman–Crippen LogP) is 4.81. The predicted molar refractivity (Wildman–Crippen MR) is 82.6 cm³/mol. The van der Waals surface area contributed by atoms with Gasteiger partial charge in [-0.1, -0.05) is 47.5 Å². The monoisotopic (exact) mass is 273 g/mol. The van der Waals surface area contributed by atoms with Gasteiger partial charge in [0.25, 0.3) is 0 Å². The Bertz CT molecular complexity index is 546. The van der Waals surface area contributed by atoms with E-state index in [0.717, 1.165) is 11.6 Å². The fourth-order valence-corrected chi connectivity index (χ4v) is 2.34. The Morgan fingerprint density at radius 2 is 1.74 bits per heavy atom. The zero-order valence-corrected chi connectivity index (χ0v) is 12.5. The van der Waals surface area contributed by atoms with Crippen molar-refractivity contribution in [3.8, 4) is 0 Å². The average Bonchev–Trinajstić information content (AvgIpc) is 2.40. The molecular weight excluding hydrogens is 254 g/mol. The smallest absolute Gasteiger partial charge is 0.0406 e. The molecule has 100 valence electrons. The number of hydrogen-bond donors (Lipinski definition) is 1. The Labute approximate surface area is 120 Å². The van der Waals surface area contributed by atoms with E-state index in [0.29, 0.717) is 6.04 Å². The molecule has 0 bridgehead atoms. The average molecular weight is 274 g/mol. The van der Waals surface area contributed by atoms with Crippen molar-refractivity contribution in [1.29, 1.82) is 0 Å². The lowest BCUT2D eigenvalue weighted by atomic mass is 10.00. The van der Waals surface area contributed by atoms with E-state index >= 15 is 0 Å². The number of hydrogen-bond acceptors (Lipinski definition) is 1. The normalized spacial score (nSPS) is 12.4. The lowest BCUT2D eigenvalue weighted by molar-refractivity contribution is 0.572. The molecule has 2 aromatic carbocycles. The van der Waals surface area contributed by atoms with Crippen LogP contribution >= 0.6 is 11.6 Å². The van der Waals surface area contributed by atoms with Crippen LogP contribution in [0.2, 0.25) is 5.02 Å². The minimum Gasteiger partial charge on any atom is -0.306 e. The van der Waals surface area contributed by atoms with Crippen LogP contribution in [-0.4, -0.2) is 0 Å². The first-order valence-corrected chi connectivity index (χ1v) is 6.99. The second-order valence-electron chi connectivity index (χ2n) is 5.09. The molecule has 0 fully saturated rings. The molecule has 0 saturated heterocycles. The molecule has 1 nitrogen and oxygen atoms in total. The fourth-order valence-electron chi connectivity index (χ4n) is 2.21. The molecule has 2 aromatic rings. The maximum atomic E-state index is 5.89. The Balaban J connectivity index is 2.03. The van der Waals surface area contributed by atoms with Gasteiger partial charge in [-0.25, -0.2) is 0 Å². The SMILES string of the molecule is Cc1ccc(C)c(C(C)NCc2ccc(Cl)cc2)c1. The summed E-state index contributed by atoms with van der Waals surface area (Å²) in [6, 6.07) is 14.9. The van der Waals surface area contributed by atoms with E-state index in [1.807, 2.05) is 12.1 Å². The van der Waals surface area contributed by atoms with Crippen LogP contribution in [0.5, 0.6) is 0 Å². The fraction of sp³-hybridized carbons (Fsp3) is 0.294. The van der Waals surface area contributed by atoms with Crippen molar-refractivity contribution < 1.29 is 0 Å². The van der Waals surface area contributed by atoms with Gasteiger partial charge in [0.2, 0.25) is 0 Å². The quantitative estimate of drug-likeness (QED) is 0.843. The molecule has 2 heteroatoms. The van der Waals surface area contributed by atoms with Crippen LogP contribution in [0.3, 0.4) is 0 Å². The van der Waals surface area contributed by atoms with E-state index in [-0.39, 0.29) is 0 Å². The molecule has 0 aliphatic carbocycles. The molecule has 0 radical (unpaired) electrons. The van der Waals surface area contributed by atoms with E-state index < -0.39 is 0 Å². The Hall–Kier alpha value is -1.31. The zero-order valence-electron chi connectivity index (χ0n) is 11.7. The number of aryl methyl sites for hydroxylation is 2. The summed E-state index contributed by atoms with van der Waals surface area (Å²) in [6.07, 6.45) is 0. The van der Waals surface area contributed by atoms with E-state index in [4.69, 9.17) is 11.6 Å². The van der Waals surface area contributed by atoms with Crippen LogP contribution in [0, 0.1) is 13.8 Å². The van der Waals surface area contributed by atoms with Gasteiger partial charge in [-0.2, -0.15) is 0 Å². The van der Waals surface area contributed by atoms with Crippen molar-refractivity contribution in [2.24, 2.45) is 0 Å². The molecule has 2 rings (SSSR count). The first kappa shape index (κ1) is 14.1. The van der Waals surface area contributed by atoms with E-state index in [1.165, 1.54) is 22.3 Å². The molecule has 0 heterocycles. The Morgan fingerprint density at radius 1 is 1.05 bits per heavy atom. The lowest BCUT2D eigenvalue weighted by Crippen LogP contribution is -2.19. The van der Waals surface area contributed by atoms with Gasteiger partial charge in [-0.15, -0.1) is 0 Å². The summed E-state index contributed by atoms with van der Waals surface area (Å²) in [5.74, 6) is 0. The van der Waals surface area contributed by atoms with Gasteiger partial charge in [0.05, 0.1) is 0 Å². The number of rotatable bonds is 4. The zero-order chi connectivity index (χ0) is 13.8. The number of benzene rings is 2. The highest BCUT2D eigenvalue weighted by Gasteiger charge is 2.08. The third-order valence-electron chi connectivity index (χ3n) is 3.43. The van der Waals surface area contributed by atoms with Gasteiger partial charge in [0.15, 0.2) is 0 Å². The highest BCUT2D eigenvalue weighted by atomic mass is 35.5. The first-order chi connectivity index (χ1) is 9.06. The maximum absolute atomic E-state index is 5.89. The van der Waals surface area contributed by atoms with Crippen molar-refractivity contribution in [2.75, 3.05) is 0 Å². The van der Waals surface area contributed by atoms with Gasteiger partial charge < -0.3 is 5.32 Å². The molecule has 0 saturated carbocycles. The highest BCUT2D eigenvalue weighted by Crippen LogP contribution is 2.19. The van der Waals surface area contributed by atoms with Crippen LogP contribution in [0.15, 0.2) is 42.5 Å². The van der Waals surface area contributed by atoms with Gasteiger partial charge in [0.1, 0.15) is 0 Å². The highest BCUT2D eigenvalue weighted by molar-refractivity contribution is 6.30. The number of halogens is 1. The summed E-state index contributed by atoms with van der Waals surface area (Å²) >= 11 is 5.89.